The highest BCUT2D eigenvalue weighted by atomic mass is 32.1. The van der Waals surface area contributed by atoms with Crippen molar-refractivity contribution in [2.24, 2.45) is 0 Å². The van der Waals surface area contributed by atoms with E-state index in [1.54, 1.807) is 6.20 Å². The van der Waals surface area contributed by atoms with Crippen LogP contribution in [0.1, 0.15) is 29.9 Å². The van der Waals surface area contributed by atoms with Gasteiger partial charge in [-0.15, -0.1) is 11.3 Å². The van der Waals surface area contributed by atoms with E-state index in [9.17, 15) is 4.79 Å². The normalized spacial score (nSPS) is 11.7. The number of hydrogen-bond acceptors (Lipinski definition) is 5. The van der Waals surface area contributed by atoms with Gasteiger partial charge in [0.25, 0.3) is 5.91 Å². The third-order valence-electron chi connectivity index (χ3n) is 2.88. The van der Waals surface area contributed by atoms with E-state index < -0.39 is 5.54 Å². The number of nitrogens with zero attached hydrogens (tertiary/aromatic N) is 1. The monoisotopic (exact) mass is 279 g/mol. The predicted octanol–water partition coefficient (Wildman–Crippen LogP) is 1.77. The van der Waals surface area contributed by atoms with Crippen LogP contribution in [0.3, 0.4) is 0 Å². The number of aromatic nitrogens is 1. The molecule has 2 heterocycles. The summed E-state index contributed by atoms with van der Waals surface area (Å²) in [6.45, 7) is 3.75. The minimum absolute atomic E-state index is 0.0245. The van der Waals surface area contributed by atoms with Crippen LogP contribution < -0.4 is 11.1 Å². The van der Waals surface area contributed by atoms with Crippen molar-refractivity contribution in [1.82, 2.24) is 10.3 Å². The van der Waals surface area contributed by atoms with Crippen molar-refractivity contribution in [2.45, 2.75) is 25.8 Å². The third kappa shape index (κ3) is 2.85. The molecule has 0 unspecified atom stereocenters. The van der Waals surface area contributed by atoms with Gasteiger partial charge in [-0.05, 0) is 32.4 Å². The van der Waals surface area contributed by atoms with Crippen LogP contribution in [-0.2, 0) is 0 Å². The number of carbonyl (C=O) groups excluding carboxylic acids is 1. The smallest absolute Gasteiger partial charge is 0.263 e. The maximum atomic E-state index is 12.2. The van der Waals surface area contributed by atoms with Crippen LogP contribution >= 0.6 is 11.3 Å². The van der Waals surface area contributed by atoms with Crippen LogP contribution in [0.5, 0.6) is 0 Å². The minimum atomic E-state index is -0.470. The van der Waals surface area contributed by atoms with E-state index in [4.69, 9.17) is 10.8 Å². The van der Waals surface area contributed by atoms with Gasteiger partial charge in [0.1, 0.15) is 10.4 Å². The van der Waals surface area contributed by atoms with Gasteiger partial charge >= 0.3 is 0 Å². The molecule has 0 bridgehead atoms. The van der Waals surface area contributed by atoms with E-state index in [1.165, 1.54) is 11.3 Å². The maximum Gasteiger partial charge on any atom is 0.263 e. The lowest BCUT2D eigenvalue weighted by Gasteiger charge is -2.25. The Bertz CT molecular complexity index is 607. The van der Waals surface area contributed by atoms with Gasteiger partial charge in [0.2, 0.25) is 0 Å². The molecule has 2 aromatic heterocycles. The largest absolute Gasteiger partial charge is 0.396 e. The van der Waals surface area contributed by atoms with Crippen molar-refractivity contribution in [2.75, 3.05) is 12.3 Å². The maximum absolute atomic E-state index is 12.2. The Balaban J connectivity index is 2.29. The number of rotatable bonds is 4. The Morgan fingerprint density at radius 1 is 1.58 bits per heavy atom. The predicted molar refractivity (Wildman–Crippen MR) is 77.3 cm³/mol. The number of nitrogens with two attached hydrogens (primary N) is 1. The van der Waals surface area contributed by atoms with Gasteiger partial charge in [0.05, 0.1) is 10.4 Å². The van der Waals surface area contributed by atoms with Crippen molar-refractivity contribution in [3.8, 4) is 0 Å². The Morgan fingerprint density at radius 2 is 2.32 bits per heavy atom. The second-order valence-corrected chi connectivity index (χ2v) is 6.06. The lowest BCUT2D eigenvalue weighted by molar-refractivity contribution is 0.0904. The zero-order valence-electron chi connectivity index (χ0n) is 10.9. The lowest BCUT2D eigenvalue weighted by Crippen LogP contribution is -2.43. The molecule has 4 N–H and O–H groups in total. The second-order valence-electron chi connectivity index (χ2n) is 5.01. The standard InChI is InChI=1S/C13H17N3O2S/c1-13(2,5-7-17)16-12(18)11-9(14)10-8(19-11)4-3-6-15-10/h3-4,6,17H,5,7,14H2,1-2H3,(H,16,18). The van der Waals surface area contributed by atoms with Crippen LogP contribution in [0.4, 0.5) is 5.69 Å². The molecule has 6 heteroatoms. The zero-order valence-corrected chi connectivity index (χ0v) is 11.8. The van der Waals surface area contributed by atoms with Crippen molar-refractivity contribution in [3.63, 3.8) is 0 Å². The summed E-state index contributed by atoms with van der Waals surface area (Å²) in [4.78, 5) is 16.9. The van der Waals surface area contributed by atoms with Crippen molar-refractivity contribution in [3.05, 3.63) is 23.2 Å². The molecule has 2 aromatic rings. The fraction of sp³-hybridized carbons (Fsp3) is 0.385. The van der Waals surface area contributed by atoms with Gasteiger partial charge in [0, 0.05) is 18.3 Å². The SMILES string of the molecule is CC(C)(CCO)NC(=O)c1sc2cccnc2c1N. The van der Waals surface area contributed by atoms with Crippen LogP contribution in [0.15, 0.2) is 18.3 Å². The lowest BCUT2D eigenvalue weighted by atomic mass is 10.0. The van der Waals surface area contributed by atoms with Gasteiger partial charge < -0.3 is 16.2 Å². The number of pyridine rings is 1. The Hall–Kier alpha value is -1.66. The second kappa shape index (κ2) is 5.14. The highest BCUT2D eigenvalue weighted by Gasteiger charge is 2.24. The molecule has 0 aliphatic rings. The van der Waals surface area contributed by atoms with Crippen molar-refractivity contribution < 1.29 is 9.90 Å². The molecule has 0 radical (unpaired) electrons. The van der Waals surface area contributed by atoms with E-state index in [0.29, 0.717) is 22.5 Å². The van der Waals surface area contributed by atoms with E-state index in [2.05, 4.69) is 10.3 Å². The highest BCUT2D eigenvalue weighted by molar-refractivity contribution is 7.21. The molecule has 1 amide bonds. The number of anilines is 1. The van der Waals surface area contributed by atoms with E-state index in [1.807, 2.05) is 26.0 Å². The Labute approximate surface area is 115 Å². The number of nitrogen functional groups attached to an aromatic ring is 1. The molecular weight excluding hydrogens is 262 g/mol. The molecule has 0 saturated heterocycles. The van der Waals surface area contributed by atoms with Crippen molar-refractivity contribution in [1.29, 1.82) is 0 Å². The first-order valence-corrected chi connectivity index (χ1v) is 6.82. The molecule has 5 nitrogen and oxygen atoms in total. The summed E-state index contributed by atoms with van der Waals surface area (Å²) in [5.41, 5.74) is 6.58. The molecule has 19 heavy (non-hydrogen) atoms. The molecule has 102 valence electrons. The molecule has 2 rings (SSSR count). The molecule has 0 aliphatic carbocycles. The van der Waals surface area contributed by atoms with E-state index >= 15 is 0 Å². The number of aliphatic hydroxyl groups excluding tert-OH is 1. The van der Waals surface area contributed by atoms with Gasteiger partial charge in [-0.25, -0.2) is 0 Å². The molecule has 0 atom stereocenters. The summed E-state index contributed by atoms with van der Waals surface area (Å²) < 4.78 is 0.894. The highest BCUT2D eigenvalue weighted by Crippen LogP contribution is 2.32. The van der Waals surface area contributed by atoms with E-state index in [-0.39, 0.29) is 12.5 Å². The number of thiophene rings is 1. The van der Waals surface area contributed by atoms with Crippen LogP contribution in [0.25, 0.3) is 10.2 Å². The summed E-state index contributed by atoms with van der Waals surface area (Å²) in [7, 11) is 0. The number of hydrogen-bond donors (Lipinski definition) is 3. The van der Waals surface area contributed by atoms with Crippen LogP contribution in [-0.4, -0.2) is 28.1 Å². The average Bonchev–Trinajstić information content (AvgIpc) is 2.67. The summed E-state index contributed by atoms with van der Waals surface area (Å²) in [6, 6.07) is 3.70. The molecule has 0 aromatic carbocycles. The molecule has 0 saturated carbocycles. The van der Waals surface area contributed by atoms with Crippen molar-refractivity contribution >= 4 is 33.1 Å². The first-order valence-electron chi connectivity index (χ1n) is 6.01. The fourth-order valence-electron chi connectivity index (χ4n) is 1.82. The quantitative estimate of drug-likeness (QED) is 0.796. The molecule has 0 fully saturated rings. The van der Waals surface area contributed by atoms with Crippen LogP contribution in [0.2, 0.25) is 0 Å². The number of fused-ring (bicyclic) bond motifs is 1. The summed E-state index contributed by atoms with van der Waals surface area (Å²) in [5.74, 6) is -0.223. The molecule has 0 aliphatic heterocycles. The third-order valence-corrected chi connectivity index (χ3v) is 4.04. The fourth-order valence-corrected chi connectivity index (χ4v) is 2.80. The minimum Gasteiger partial charge on any atom is -0.396 e. The summed E-state index contributed by atoms with van der Waals surface area (Å²) in [5, 5.41) is 11.8. The van der Waals surface area contributed by atoms with Gasteiger partial charge in [-0.1, -0.05) is 0 Å². The topological polar surface area (TPSA) is 88.2 Å². The zero-order chi connectivity index (χ0) is 14.0. The Morgan fingerprint density at radius 3 is 2.95 bits per heavy atom. The number of nitrogens with one attached hydrogen (secondary N) is 1. The number of aliphatic hydroxyl groups is 1. The van der Waals surface area contributed by atoms with Gasteiger partial charge in [0.15, 0.2) is 0 Å². The summed E-state index contributed by atoms with van der Waals surface area (Å²) in [6.07, 6.45) is 2.14. The average molecular weight is 279 g/mol. The number of carbonyl (C=O) groups is 1. The van der Waals surface area contributed by atoms with E-state index in [0.717, 1.165) is 4.70 Å². The molecular formula is C13H17N3O2S. The first-order chi connectivity index (χ1) is 8.94. The molecule has 0 spiro atoms. The van der Waals surface area contributed by atoms with Crippen LogP contribution in [0, 0.1) is 0 Å². The first kappa shape index (κ1) is 13.8. The Kier molecular flexibility index (Phi) is 3.73. The van der Waals surface area contributed by atoms with Gasteiger partial charge in [-0.2, -0.15) is 0 Å². The number of amides is 1. The van der Waals surface area contributed by atoms with Gasteiger partial charge in [-0.3, -0.25) is 9.78 Å². The summed E-state index contributed by atoms with van der Waals surface area (Å²) >= 11 is 1.33.